The van der Waals surface area contributed by atoms with Crippen molar-refractivity contribution in [3.63, 3.8) is 0 Å². The third kappa shape index (κ3) is 4.80. The zero-order valence-corrected chi connectivity index (χ0v) is 10.3. The van der Waals surface area contributed by atoms with Gasteiger partial charge in [0, 0.05) is 31.5 Å². The van der Waals surface area contributed by atoms with Gasteiger partial charge in [-0.3, -0.25) is 0 Å². The molecule has 0 spiro atoms. The molecular weight excluding hydrogens is 258 g/mol. The van der Waals surface area contributed by atoms with E-state index in [1.165, 1.54) is 11.0 Å². The van der Waals surface area contributed by atoms with Gasteiger partial charge in [-0.25, -0.2) is 13.6 Å². The number of urea groups is 1. The fourth-order valence-electron chi connectivity index (χ4n) is 1.47. The van der Waals surface area contributed by atoms with Crippen LogP contribution in [0.5, 0.6) is 0 Å². The van der Waals surface area contributed by atoms with Crippen LogP contribution < -0.4 is 5.32 Å². The van der Waals surface area contributed by atoms with Gasteiger partial charge in [0.15, 0.2) is 11.6 Å². The molecule has 0 aliphatic carbocycles. The van der Waals surface area contributed by atoms with Gasteiger partial charge in [-0.2, -0.15) is 0 Å². The predicted molar refractivity (Wildman–Crippen MR) is 65.7 cm³/mol. The minimum absolute atomic E-state index is 0.0830. The number of hydrogen-bond donors (Lipinski definition) is 3. The molecule has 0 radical (unpaired) electrons. The zero-order chi connectivity index (χ0) is 14.3. The SMILES string of the molecule is O=C(Nc1ccc(F)c(F)c1)N(CCO)CCCO. The Bertz CT molecular complexity index is 429. The standard InChI is InChI=1S/C12H16F2N2O3/c13-10-3-2-9(8-11(10)14)15-12(19)16(5-7-18)4-1-6-17/h2-3,8,17-18H,1,4-7H2,(H,15,19). The molecular formula is C12H16F2N2O3. The molecule has 1 aromatic carbocycles. The number of benzene rings is 1. The second-order valence-electron chi connectivity index (χ2n) is 3.85. The number of halogens is 2. The van der Waals surface area contributed by atoms with Crippen molar-refractivity contribution in [3.05, 3.63) is 29.8 Å². The number of anilines is 1. The molecule has 7 heteroatoms. The largest absolute Gasteiger partial charge is 0.396 e. The van der Waals surface area contributed by atoms with Crippen LogP contribution in [-0.2, 0) is 0 Å². The summed E-state index contributed by atoms with van der Waals surface area (Å²) < 4.78 is 25.7. The van der Waals surface area contributed by atoms with Crippen LogP contribution in [0.2, 0.25) is 0 Å². The van der Waals surface area contributed by atoms with E-state index in [4.69, 9.17) is 10.2 Å². The molecule has 0 aromatic heterocycles. The van der Waals surface area contributed by atoms with Crippen molar-refractivity contribution in [2.24, 2.45) is 0 Å². The molecule has 19 heavy (non-hydrogen) atoms. The Labute approximate surface area is 109 Å². The summed E-state index contributed by atoms with van der Waals surface area (Å²) in [6, 6.07) is 2.47. The first kappa shape index (κ1) is 15.3. The molecule has 0 heterocycles. The summed E-state index contributed by atoms with van der Waals surface area (Å²) in [6.07, 6.45) is 0.366. The molecule has 0 bridgehead atoms. The Morgan fingerprint density at radius 3 is 2.47 bits per heavy atom. The summed E-state index contributed by atoms with van der Waals surface area (Å²) in [5.41, 5.74) is 0.121. The second-order valence-corrected chi connectivity index (χ2v) is 3.85. The summed E-state index contributed by atoms with van der Waals surface area (Å²) >= 11 is 0. The van der Waals surface area contributed by atoms with E-state index in [-0.39, 0.29) is 32.0 Å². The topological polar surface area (TPSA) is 72.8 Å². The highest BCUT2D eigenvalue weighted by Gasteiger charge is 2.13. The summed E-state index contributed by atoms with van der Waals surface area (Å²) in [7, 11) is 0. The molecule has 0 saturated heterocycles. The normalized spacial score (nSPS) is 10.3. The van der Waals surface area contributed by atoms with Gasteiger partial charge in [0.25, 0.3) is 0 Å². The third-order valence-electron chi connectivity index (χ3n) is 2.41. The number of aliphatic hydroxyl groups excluding tert-OH is 2. The van der Waals surface area contributed by atoms with Crippen LogP contribution >= 0.6 is 0 Å². The molecule has 0 atom stereocenters. The summed E-state index contributed by atoms with van der Waals surface area (Å²) in [4.78, 5) is 13.1. The van der Waals surface area contributed by atoms with Crippen LogP contribution in [0.4, 0.5) is 19.3 Å². The molecule has 0 unspecified atom stereocenters. The van der Waals surface area contributed by atoms with Crippen molar-refractivity contribution in [1.82, 2.24) is 4.90 Å². The summed E-state index contributed by atoms with van der Waals surface area (Å²) in [6.45, 7) is 0.0408. The Kier molecular flexibility index (Phi) is 6.17. The highest BCUT2D eigenvalue weighted by atomic mass is 19.2. The first-order valence-electron chi connectivity index (χ1n) is 5.81. The Morgan fingerprint density at radius 1 is 1.16 bits per heavy atom. The molecule has 3 N–H and O–H groups in total. The van der Waals surface area contributed by atoms with Crippen LogP contribution in [0.25, 0.3) is 0 Å². The van der Waals surface area contributed by atoms with E-state index in [0.717, 1.165) is 12.1 Å². The lowest BCUT2D eigenvalue weighted by Crippen LogP contribution is -2.38. The lowest BCUT2D eigenvalue weighted by molar-refractivity contribution is 0.180. The second kappa shape index (κ2) is 7.65. The van der Waals surface area contributed by atoms with Crippen LogP contribution in [0.3, 0.4) is 0 Å². The van der Waals surface area contributed by atoms with Gasteiger partial charge in [-0.1, -0.05) is 0 Å². The highest BCUT2D eigenvalue weighted by Crippen LogP contribution is 2.13. The van der Waals surface area contributed by atoms with E-state index in [1.807, 2.05) is 0 Å². The predicted octanol–water partition coefficient (Wildman–Crippen LogP) is 1.17. The lowest BCUT2D eigenvalue weighted by atomic mass is 10.3. The monoisotopic (exact) mass is 274 g/mol. The van der Waals surface area contributed by atoms with Crippen molar-refractivity contribution in [2.75, 3.05) is 31.6 Å². The Morgan fingerprint density at radius 2 is 1.89 bits per heavy atom. The van der Waals surface area contributed by atoms with Gasteiger partial charge in [-0.15, -0.1) is 0 Å². The van der Waals surface area contributed by atoms with Gasteiger partial charge < -0.3 is 20.4 Å². The Balaban J connectivity index is 2.66. The average Bonchev–Trinajstić information content (AvgIpc) is 2.38. The fraction of sp³-hybridized carbons (Fsp3) is 0.417. The first-order valence-corrected chi connectivity index (χ1v) is 5.81. The van der Waals surface area contributed by atoms with E-state index in [9.17, 15) is 13.6 Å². The van der Waals surface area contributed by atoms with Crippen molar-refractivity contribution in [2.45, 2.75) is 6.42 Å². The van der Waals surface area contributed by atoms with E-state index < -0.39 is 17.7 Å². The number of carbonyl (C=O) groups is 1. The minimum Gasteiger partial charge on any atom is -0.396 e. The fourth-order valence-corrected chi connectivity index (χ4v) is 1.47. The lowest BCUT2D eigenvalue weighted by Gasteiger charge is -2.21. The maximum absolute atomic E-state index is 13.0. The van der Waals surface area contributed by atoms with E-state index in [0.29, 0.717) is 6.42 Å². The molecule has 0 aliphatic rings. The Hall–Kier alpha value is -1.73. The highest BCUT2D eigenvalue weighted by molar-refractivity contribution is 5.89. The van der Waals surface area contributed by atoms with Crippen LogP contribution in [0, 0.1) is 11.6 Å². The number of hydrogen-bond acceptors (Lipinski definition) is 3. The van der Waals surface area contributed by atoms with Crippen molar-refractivity contribution in [3.8, 4) is 0 Å². The van der Waals surface area contributed by atoms with Gasteiger partial charge in [-0.05, 0) is 18.6 Å². The van der Waals surface area contributed by atoms with Crippen molar-refractivity contribution < 1.29 is 23.8 Å². The quantitative estimate of drug-likeness (QED) is 0.729. The van der Waals surface area contributed by atoms with Crippen molar-refractivity contribution >= 4 is 11.7 Å². The number of rotatable bonds is 6. The van der Waals surface area contributed by atoms with Crippen LogP contribution in [0.15, 0.2) is 18.2 Å². The van der Waals surface area contributed by atoms with Gasteiger partial charge in [0.2, 0.25) is 0 Å². The number of nitrogens with one attached hydrogen (secondary N) is 1. The maximum Gasteiger partial charge on any atom is 0.321 e. The van der Waals surface area contributed by atoms with Crippen LogP contribution in [0.1, 0.15) is 6.42 Å². The number of aliphatic hydroxyl groups is 2. The molecule has 0 saturated carbocycles. The molecule has 1 rings (SSSR count). The molecule has 2 amide bonds. The van der Waals surface area contributed by atoms with Crippen LogP contribution in [-0.4, -0.2) is 47.4 Å². The van der Waals surface area contributed by atoms with Gasteiger partial charge in [0.05, 0.1) is 6.61 Å². The maximum atomic E-state index is 13.0. The first-order chi connectivity index (χ1) is 9.08. The summed E-state index contributed by atoms with van der Waals surface area (Å²) in [5.74, 6) is -2.05. The van der Waals surface area contributed by atoms with E-state index >= 15 is 0 Å². The van der Waals surface area contributed by atoms with Gasteiger partial charge in [0.1, 0.15) is 0 Å². The third-order valence-corrected chi connectivity index (χ3v) is 2.41. The molecule has 0 fully saturated rings. The van der Waals surface area contributed by atoms with E-state index in [1.54, 1.807) is 0 Å². The molecule has 5 nitrogen and oxygen atoms in total. The van der Waals surface area contributed by atoms with E-state index in [2.05, 4.69) is 5.32 Å². The zero-order valence-electron chi connectivity index (χ0n) is 10.3. The van der Waals surface area contributed by atoms with Gasteiger partial charge >= 0.3 is 6.03 Å². The average molecular weight is 274 g/mol. The minimum atomic E-state index is -1.05. The molecule has 0 aliphatic heterocycles. The molecule has 1 aromatic rings. The van der Waals surface area contributed by atoms with Crippen molar-refractivity contribution in [1.29, 1.82) is 0 Å². The number of amides is 2. The molecule has 106 valence electrons. The smallest absolute Gasteiger partial charge is 0.321 e. The summed E-state index contributed by atoms with van der Waals surface area (Å²) in [5, 5.41) is 19.9. The number of carbonyl (C=O) groups excluding carboxylic acids is 1. The number of nitrogens with zero attached hydrogens (tertiary/aromatic N) is 1.